The number of carbonyl (C=O) groups excluding carboxylic acids is 1. The highest BCUT2D eigenvalue weighted by molar-refractivity contribution is 5.85. The van der Waals surface area contributed by atoms with Crippen LogP contribution >= 0.6 is 0 Å². The van der Waals surface area contributed by atoms with Gasteiger partial charge in [-0.2, -0.15) is 5.10 Å². The number of fused-ring (bicyclic) bond motifs is 1. The SMILES string of the molecule is Cc1nn(CC(=O)N(C2CCCCC2)C2CCCCC2)c2nccc(C3CC3)c12. The maximum atomic E-state index is 13.6. The number of rotatable bonds is 5. The summed E-state index contributed by atoms with van der Waals surface area (Å²) in [6, 6.07) is 3.01. The minimum atomic E-state index is 0.256. The first kappa shape index (κ1) is 19.1. The lowest BCUT2D eigenvalue weighted by atomic mass is 9.88. The van der Waals surface area contributed by atoms with Crippen molar-refractivity contribution in [2.45, 2.75) is 109 Å². The van der Waals surface area contributed by atoms with Gasteiger partial charge in [0.05, 0.1) is 5.69 Å². The number of carbonyl (C=O) groups is 1. The first-order valence-electron chi connectivity index (χ1n) is 11.9. The van der Waals surface area contributed by atoms with E-state index in [1.807, 2.05) is 10.9 Å². The summed E-state index contributed by atoms with van der Waals surface area (Å²) in [5.74, 6) is 0.917. The molecule has 0 aromatic carbocycles. The predicted molar refractivity (Wildman–Crippen MR) is 115 cm³/mol. The van der Waals surface area contributed by atoms with E-state index in [0.29, 0.717) is 24.5 Å². The minimum Gasteiger partial charge on any atom is -0.335 e. The highest BCUT2D eigenvalue weighted by atomic mass is 16.2. The van der Waals surface area contributed by atoms with Gasteiger partial charge >= 0.3 is 0 Å². The van der Waals surface area contributed by atoms with Gasteiger partial charge in [0.25, 0.3) is 0 Å². The van der Waals surface area contributed by atoms with Gasteiger partial charge in [-0.3, -0.25) is 4.79 Å². The second-order valence-electron chi connectivity index (χ2n) is 9.50. The van der Waals surface area contributed by atoms with Crippen molar-refractivity contribution in [1.82, 2.24) is 19.7 Å². The fraction of sp³-hybridized carbons (Fsp3) is 0.708. The Balaban J connectivity index is 1.43. The minimum absolute atomic E-state index is 0.256. The van der Waals surface area contributed by atoms with Crippen molar-refractivity contribution >= 4 is 16.9 Å². The Morgan fingerprint density at radius 2 is 1.62 bits per heavy atom. The molecule has 3 aliphatic rings. The Bertz CT molecular complexity index is 854. The summed E-state index contributed by atoms with van der Waals surface area (Å²) in [5, 5.41) is 5.96. The van der Waals surface area contributed by atoms with Crippen molar-refractivity contribution in [3.8, 4) is 0 Å². The highest BCUT2D eigenvalue weighted by Crippen LogP contribution is 2.43. The van der Waals surface area contributed by atoms with E-state index >= 15 is 0 Å². The summed E-state index contributed by atoms with van der Waals surface area (Å²) < 4.78 is 1.89. The van der Waals surface area contributed by atoms with E-state index in [0.717, 1.165) is 11.3 Å². The zero-order valence-electron chi connectivity index (χ0n) is 17.8. The average Bonchev–Trinajstić information content (AvgIpc) is 3.55. The van der Waals surface area contributed by atoms with Crippen molar-refractivity contribution in [3.05, 3.63) is 23.5 Å². The first-order chi connectivity index (χ1) is 14.2. The number of aromatic nitrogens is 3. The van der Waals surface area contributed by atoms with Crippen molar-refractivity contribution in [2.24, 2.45) is 0 Å². The Morgan fingerprint density at radius 3 is 2.21 bits per heavy atom. The molecule has 0 radical (unpaired) electrons. The van der Waals surface area contributed by atoms with Crippen LogP contribution in [-0.4, -0.2) is 37.7 Å². The van der Waals surface area contributed by atoms with E-state index in [4.69, 9.17) is 5.10 Å². The molecule has 29 heavy (non-hydrogen) atoms. The van der Waals surface area contributed by atoms with E-state index in [9.17, 15) is 4.79 Å². The number of aryl methyl sites for hydroxylation is 1. The van der Waals surface area contributed by atoms with Crippen molar-refractivity contribution in [3.63, 3.8) is 0 Å². The third-order valence-corrected chi connectivity index (χ3v) is 7.37. The van der Waals surface area contributed by atoms with Gasteiger partial charge in [-0.1, -0.05) is 38.5 Å². The quantitative estimate of drug-likeness (QED) is 0.708. The Kier molecular flexibility index (Phi) is 5.31. The van der Waals surface area contributed by atoms with E-state index in [-0.39, 0.29) is 5.91 Å². The van der Waals surface area contributed by atoms with Crippen LogP contribution in [0.4, 0.5) is 0 Å². The lowest BCUT2D eigenvalue weighted by Crippen LogP contribution is -2.50. The Morgan fingerprint density at radius 1 is 1.00 bits per heavy atom. The molecule has 2 heterocycles. The molecule has 2 aromatic rings. The molecule has 0 bridgehead atoms. The summed E-state index contributed by atoms with van der Waals surface area (Å²) in [5.41, 5.74) is 3.29. The Labute approximate surface area is 173 Å². The van der Waals surface area contributed by atoms with E-state index in [1.54, 1.807) is 0 Å². The number of hydrogen-bond acceptors (Lipinski definition) is 3. The lowest BCUT2D eigenvalue weighted by molar-refractivity contribution is -0.138. The van der Waals surface area contributed by atoms with Gasteiger partial charge in [0, 0.05) is 23.7 Å². The maximum Gasteiger partial charge on any atom is 0.244 e. The largest absolute Gasteiger partial charge is 0.335 e. The van der Waals surface area contributed by atoms with Gasteiger partial charge in [-0.05, 0) is 63.0 Å². The van der Waals surface area contributed by atoms with Crippen LogP contribution in [0.2, 0.25) is 0 Å². The van der Waals surface area contributed by atoms with Crippen LogP contribution in [-0.2, 0) is 11.3 Å². The first-order valence-corrected chi connectivity index (χ1v) is 11.9. The third-order valence-electron chi connectivity index (χ3n) is 7.37. The summed E-state index contributed by atoms with van der Waals surface area (Å²) in [7, 11) is 0. The summed E-state index contributed by atoms with van der Waals surface area (Å²) >= 11 is 0. The Hall–Kier alpha value is -1.91. The van der Waals surface area contributed by atoms with E-state index in [2.05, 4.69) is 22.9 Å². The molecule has 3 fully saturated rings. The van der Waals surface area contributed by atoms with Crippen LogP contribution in [0.15, 0.2) is 12.3 Å². The van der Waals surface area contributed by atoms with Crippen LogP contribution in [0, 0.1) is 6.92 Å². The van der Waals surface area contributed by atoms with Crippen LogP contribution < -0.4 is 0 Å². The van der Waals surface area contributed by atoms with Crippen LogP contribution in [0.1, 0.15) is 94.2 Å². The zero-order chi connectivity index (χ0) is 19.8. The summed E-state index contributed by atoms with van der Waals surface area (Å²) in [6.07, 6.45) is 16.8. The molecule has 0 N–H and O–H groups in total. The second kappa shape index (κ2) is 8.08. The fourth-order valence-corrected chi connectivity index (χ4v) is 5.79. The van der Waals surface area contributed by atoms with Crippen LogP contribution in [0.5, 0.6) is 0 Å². The molecule has 0 unspecified atom stereocenters. The monoisotopic (exact) mass is 394 g/mol. The highest BCUT2D eigenvalue weighted by Gasteiger charge is 2.33. The van der Waals surface area contributed by atoms with Gasteiger partial charge in [0.2, 0.25) is 5.91 Å². The molecule has 0 spiro atoms. The van der Waals surface area contributed by atoms with Crippen molar-refractivity contribution < 1.29 is 4.79 Å². The molecule has 3 saturated carbocycles. The van der Waals surface area contributed by atoms with Crippen molar-refractivity contribution in [1.29, 1.82) is 0 Å². The molecule has 0 aliphatic heterocycles. The topological polar surface area (TPSA) is 51.0 Å². The summed E-state index contributed by atoms with van der Waals surface area (Å²) in [4.78, 5) is 20.6. The van der Waals surface area contributed by atoms with Crippen LogP contribution in [0.25, 0.3) is 11.0 Å². The number of hydrogen-bond donors (Lipinski definition) is 0. The lowest BCUT2D eigenvalue weighted by Gasteiger charge is -2.41. The molecule has 3 aliphatic carbocycles. The smallest absolute Gasteiger partial charge is 0.244 e. The van der Waals surface area contributed by atoms with Gasteiger partial charge in [0.1, 0.15) is 6.54 Å². The fourth-order valence-electron chi connectivity index (χ4n) is 5.79. The molecule has 0 atom stereocenters. The molecule has 0 saturated heterocycles. The average molecular weight is 395 g/mol. The molecular formula is C24H34N4O. The molecular weight excluding hydrogens is 360 g/mol. The predicted octanol–water partition coefficient (Wildman–Crippen LogP) is 5.11. The van der Waals surface area contributed by atoms with E-state index in [1.165, 1.54) is 88.0 Å². The number of nitrogens with zero attached hydrogens (tertiary/aromatic N) is 4. The summed E-state index contributed by atoms with van der Waals surface area (Å²) in [6.45, 7) is 2.40. The van der Waals surface area contributed by atoms with Gasteiger partial charge in [-0.15, -0.1) is 0 Å². The number of amides is 1. The number of pyridine rings is 1. The van der Waals surface area contributed by atoms with Crippen LogP contribution in [0.3, 0.4) is 0 Å². The third kappa shape index (κ3) is 3.80. The molecule has 5 heteroatoms. The molecule has 2 aromatic heterocycles. The maximum absolute atomic E-state index is 13.6. The zero-order valence-corrected chi connectivity index (χ0v) is 17.8. The molecule has 156 valence electrons. The molecule has 5 nitrogen and oxygen atoms in total. The van der Waals surface area contributed by atoms with Crippen molar-refractivity contribution in [2.75, 3.05) is 0 Å². The standard InChI is InChI=1S/C24H34N4O/c1-17-23-21(18-12-13-18)14-15-25-24(23)27(26-17)16-22(29)28(19-8-4-2-5-9-19)20-10-6-3-7-11-20/h14-15,18-20H,2-13,16H2,1H3. The second-order valence-corrected chi connectivity index (χ2v) is 9.50. The molecule has 1 amide bonds. The normalized spacial score (nSPS) is 21.6. The van der Waals surface area contributed by atoms with Gasteiger partial charge < -0.3 is 4.90 Å². The van der Waals surface area contributed by atoms with E-state index < -0.39 is 0 Å². The van der Waals surface area contributed by atoms with Gasteiger partial charge in [0.15, 0.2) is 5.65 Å². The molecule has 5 rings (SSSR count). The van der Waals surface area contributed by atoms with Gasteiger partial charge in [-0.25, -0.2) is 9.67 Å².